The number of carbonyl (C=O) groups is 1. The Morgan fingerprint density at radius 3 is 2.50 bits per heavy atom. The Balaban J connectivity index is 1.62. The molecule has 0 fully saturated rings. The van der Waals surface area contributed by atoms with Gasteiger partial charge in [0.2, 0.25) is 5.91 Å². The zero-order chi connectivity index (χ0) is 19.8. The van der Waals surface area contributed by atoms with E-state index in [0.29, 0.717) is 34.3 Å². The van der Waals surface area contributed by atoms with Crippen LogP contribution in [0.5, 0.6) is 11.5 Å². The van der Waals surface area contributed by atoms with Crippen molar-refractivity contribution in [3.8, 4) is 17.6 Å². The fourth-order valence-electron chi connectivity index (χ4n) is 2.52. The minimum Gasteiger partial charge on any atom is -0.455 e. The molecule has 0 bridgehead atoms. The fourth-order valence-corrected chi connectivity index (χ4v) is 2.69. The van der Waals surface area contributed by atoms with E-state index in [1.54, 1.807) is 30.3 Å². The van der Waals surface area contributed by atoms with Crippen molar-refractivity contribution >= 4 is 28.9 Å². The van der Waals surface area contributed by atoms with Crippen molar-refractivity contribution in [3.05, 3.63) is 83.4 Å². The van der Waals surface area contributed by atoms with Crippen LogP contribution >= 0.6 is 11.6 Å². The Morgan fingerprint density at radius 1 is 1.04 bits per heavy atom. The van der Waals surface area contributed by atoms with Crippen molar-refractivity contribution in [2.45, 2.75) is 6.42 Å². The van der Waals surface area contributed by atoms with Crippen molar-refractivity contribution in [2.75, 3.05) is 17.2 Å². The van der Waals surface area contributed by atoms with E-state index in [-0.39, 0.29) is 12.5 Å². The predicted molar refractivity (Wildman–Crippen MR) is 111 cm³/mol. The second-order valence-electron chi connectivity index (χ2n) is 5.99. The number of benzene rings is 3. The van der Waals surface area contributed by atoms with Crippen molar-refractivity contribution in [2.24, 2.45) is 0 Å². The van der Waals surface area contributed by atoms with Crippen LogP contribution in [-0.4, -0.2) is 12.5 Å². The minimum absolute atomic E-state index is 0.0471. The molecule has 0 aliphatic rings. The van der Waals surface area contributed by atoms with E-state index in [2.05, 4.69) is 16.7 Å². The van der Waals surface area contributed by atoms with Crippen LogP contribution in [0, 0.1) is 11.3 Å². The Labute approximate surface area is 168 Å². The third-order valence-electron chi connectivity index (χ3n) is 3.87. The minimum atomic E-state index is -0.210. The molecule has 28 heavy (non-hydrogen) atoms. The summed E-state index contributed by atoms with van der Waals surface area (Å²) in [4.78, 5) is 12.3. The van der Waals surface area contributed by atoms with Crippen molar-refractivity contribution in [1.29, 1.82) is 5.26 Å². The third kappa shape index (κ3) is 5.50. The number of para-hydroxylation sites is 1. The summed E-state index contributed by atoms with van der Waals surface area (Å²) in [5.41, 5.74) is 2.19. The number of nitrogens with one attached hydrogen (secondary N) is 2. The van der Waals surface area contributed by atoms with Crippen LogP contribution in [0.25, 0.3) is 0 Å². The van der Waals surface area contributed by atoms with E-state index < -0.39 is 0 Å². The second-order valence-corrected chi connectivity index (χ2v) is 6.43. The molecule has 0 unspecified atom stereocenters. The largest absolute Gasteiger partial charge is 0.455 e. The number of hydrogen-bond acceptors (Lipinski definition) is 4. The summed E-state index contributed by atoms with van der Waals surface area (Å²) in [6.07, 6.45) is 0.342. The Hall–Kier alpha value is -3.49. The molecule has 0 aliphatic heterocycles. The molecule has 0 atom stereocenters. The maximum atomic E-state index is 12.3. The quantitative estimate of drug-likeness (QED) is 0.577. The molecule has 0 saturated heterocycles. The molecule has 0 saturated carbocycles. The molecule has 0 aliphatic carbocycles. The van der Waals surface area contributed by atoms with Gasteiger partial charge in [-0.25, -0.2) is 0 Å². The van der Waals surface area contributed by atoms with Gasteiger partial charge in [0.15, 0.2) is 5.75 Å². The van der Waals surface area contributed by atoms with Crippen LogP contribution in [0.3, 0.4) is 0 Å². The van der Waals surface area contributed by atoms with E-state index in [1.807, 2.05) is 42.5 Å². The molecule has 0 spiro atoms. The number of anilines is 2. The Bertz CT molecular complexity index is 983. The van der Waals surface area contributed by atoms with Crippen molar-refractivity contribution < 1.29 is 9.53 Å². The summed E-state index contributed by atoms with van der Waals surface area (Å²) in [5.74, 6) is 1.05. The lowest BCUT2D eigenvalue weighted by atomic mass is 10.1. The lowest BCUT2D eigenvalue weighted by Crippen LogP contribution is -2.21. The van der Waals surface area contributed by atoms with Gasteiger partial charge in [0.25, 0.3) is 0 Å². The molecule has 2 N–H and O–H groups in total. The average Bonchev–Trinajstić information content (AvgIpc) is 2.71. The van der Waals surface area contributed by atoms with Gasteiger partial charge in [-0.05, 0) is 48.0 Å². The summed E-state index contributed by atoms with van der Waals surface area (Å²) in [6.45, 7) is 0.0471. The van der Waals surface area contributed by atoms with Crippen LogP contribution in [-0.2, 0) is 11.2 Å². The lowest BCUT2D eigenvalue weighted by molar-refractivity contribution is -0.114. The summed E-state index contributed by atoms with van der Waals surface area (Å²) < 4.78 is 5.87. The van der Waals surface area contributed by atoms with Crippen molar-refractivity contribution in [3.63, 3.8) is 0 Å². The van der Waals surface area contributed by atoms with Gasteiger partial charge in [-0.2, -0.15) is 5.26 Å². The summed E-state index contributed by atoms with van der Waals surface area (Å²) in [5, 5.41) is 15.1. The number of rotatable bonds is 7. The molecule has 0 aromatic heterocycles. The molecule has 3 aromatic rings. The molecule has 6 heteroatoms. The SMILES string of the molecule is N#CCc1ccc(NC(=O)CNc2cc(Cl)ccc2Oc2ccccc2)cc1. The number of carbonyl (C=O) groups excluding carboxylic acids is 1. The van der Waals surface area contributed by atoms with Gasteiger partial charge >= 0.3 is 0 Å². The van der Waals surface area contributed by atoms with Gasteiger partial charge in [0.1, 0.15) is 5.75 Å². The van der Waals surface area contributed by atoms with Gasteiger partial charge < -0.3 is 15.4 Å². The monoisotopic (exact) mass is 391 g/mol. The zero-order valence-corrected chi connectivity index (χ0v) is 15.7. The first-order chi connectivity index (χ1) is 13.6. The number of nitrogens with zero attached hydrogens (tertiary/aromatic N) is 1. The van der Waals surface area contributed by atoms with Gasteiger partial charge in [-0.15, -0.1) is 0 Å². The first kappa shape index (κ1) is 19.3. The Morgan fingerprint density at radius 2 is 1.79 bits per heavy atom. The Kier molecular flexibility index (Phi) is 6.50. The van der Waals surface area contributed by atoms with Crippen LogP contribution < -0.4 is 15.4 Å². The maximum Gasteiger partial charge on any atom is 0.243 e. The summed E-state index contributed by atoms with van der Waals surface area (Å²) in [7, 11) is 0. The van der Waals surface area contributed by atoms with Gasteiger partial charge in [-0.3, -0.25) is 4.79 Å². The highest BCUT2D eigenvalue weighted by molar-refractivity contribution is 6.31. The first-order valence-corrected chi connectivity index (χ1v) is 9.04. The highest BCUT2D eigenvalue weighted by Gasteiger charge is 2.09. The van der Waals surface area contributed by atoms with E-state index >= 15 is 0 Å². The molecule has 5 nitrogen and oxygen atoms in total. The topological polar surface area (TPSA) is 74.2 Å². The van der Waals surface area contributed by atoms with Crippen LogP contribution in [0.4, 0.5) is 11.4 Å². The predicted octanol–water partition coefficient (Wildman–Crippen LogP) is 5.25. The van der Waals surface area contributed by atoms with E-state index in [4.69, 9.17) is 21.6 Å². The molecule has 3 aromatic carbocycles. The summed E-state index contributed by atoms with van der Waals surface area (Å²) in [6, 6.07) is 23.8. The number of nitriles is 1. The lowest BCUT2D eigenvalue weighted by Gasteiger charge is -2.14. The molecule has 1 amide bonds. The zero-order valence-electron chi connectivity index (χ0n) is 15.0. The molecular formula is C22H18ClN3O2. The van der Waals surface area contributed by atoms with Gasteiger partial charge in [-0.1, -0.05) is 41.9 Å². The number of ether oxygens (including phenoxy) is 1. The number of amides is 1. The molecular weight excluding hydrogens is 374 g/mol. The number of halogens is 1. The molecule has 0 heterocycles. The van der Waals surface area contributed by atoms with Crippen LogP contribution in [0.2, 0.25) is 5.02 Å². The smallest absolute Gasteiger partial charge is 0.243 e. The standard InChI is InChI=1S/C22H18ClN3O2/c23-17-8-11-21(28-19-4-2-1-3-5-19)20(14-17)25-15-22(27)26-18-9-6-16(7-10-18)12-13-24/h1-11,14,25H,12,15H2,(H,26,27). The van der Waals surface area contributed by atoms with Gasteiger partial charge in [0.05, 0.1) is 24.7 Å². The fraction of sp³-hybridized carbons (Fsp3) is 0.0909. The normalized spacial score (nSPS) is 10.0. The average molecular weight is 392 g/mol. The maximum absolute atomic E-state index is 12.3. The number of hydrogen-bond donors (Lipinski definition) is 2. The highest BCUT2D eigenvalue weighted by Crippen LogP contribution is 2.31. The highest BCUT2D eigenvalue weighted by atomic mass is 35.5. The van der Waals surface area contributed by atoms with E-state index in [0.717, 1.165) is 5.56 Å². The van der Waals surface area contributed by atoms with Crippen LogP contribution in [0.15, 0.2) is 72.8 Å². The third-order valence-corrected chi connectivity index (χ3v) is 4.11. The first-order valence-electron chi connectivity index (χ1n) is 8.66. The van der Waals surface area contributed by atoms with Crippen LogP contribution in [0.1, 0.15) is 5.56 Å². The molecule has 0 radical (unpaired) electrons. The van der Waals surface area contributed by atoms with E-state index in [9.17, 15) is 4.79 Å². The molecule has 140 valence electrons. The molecule has 3 rings (SSSR count). The van der Waals surface area contributed by atoms with Crippen molar-refractivity contribution in [1.82, 2.24) is 0 Å². The van der Waals surface area contributed by atoms with Gasteiger partial charge in [0, 0.05) is 10.7 Å². The summed E-state index contributed by atoms with van der Waals surface area (Å²) >= 11 is 6.09. The second kappa shape index (κ2) is 9.45. The van der Waals surface area contributed by atoms with E-state index in [1.165, 1.54) is 0 Å².